The number of rotatable bonds is 5. The summed E-state index contributed by atoms with van der Waals surface area (Å²) in [5.41, 5.74) is 5.93. The van der Waals surface area contributed by atoms with Gasteiger partial charge in [-0.15, -0.1) is 0 Å². The van der Waals surface area contributed by atoms with Crippen LogP contribution < -0.4 is 4.90 Å². The molecule has 0 saturated heterocycles. The molecule has 4 rings (SSSR count). The zero-order valence-electron chi connectivity index (χ0n) is 18.8. The maximum atomic E-state index is 12.9. The highest BCUT2D eigenvalue weighted by atomic mass is 35.5. The average molecular weight is 447 g/mol. The number of aromatic nitrogens is 1. The van der Waals surface area contributed by atoms with E-state index in [0.717, 1.165) is 51.7 Å². The fourth-order valence-corrected chi connectivity index (χ4v) is 4.52. The van der Waals surface area contributed by atoms with Gasteiger partial charge in [-0.25, -0.2) is 0 Å². The molecule has 2 aromatic carbocycles. The van der Waals surface area contributed by atoms with Crippen LogP contribution in [0.4, 0.5) is 5.69 Å². The second kappa shape index (κ2) is 8.71. The van der Waals surface area contributed by atoms with Crippen LogP contribution in [0.15, 0.2) is 70.8 Å². The maximum absolute atomic E-state index is 12.9. The van der Waals surface area contributed by atoms with E-state index in [4.69, 9.17) is 11.6 Å². The van der Waals surface area contributed by atoms with Gasteiger partial charge in [-0.05, 0) is 48.8 Å². The van der Waals surface area contributed by atoms with Crippen molar-refractivity contribution in [1.82, 2.24) is 4.57 Å². The summed E-state index contributed by atoms with van der Waals surface area (Å²) < 4.78 is 1.77. The molecular weight excluding hydrogens is 420 g/mol. The second-order valence-corrected chi connectivity index (χ2v) is 8.55. The lowest BCUT2D eigenvalue weighted by Crippen LogP contribution is -2.20. The molecule has 5 heteroatoms. The highest BCUT2D eigenvalue weighted by molar-refractivity contribution is 6.35. The quantitative estimate of drug-likeness (QED) is 0.352. The van der Waals surface area contributed by atoms with Gasteiger partial charge in [0, 0.05) is 41.2 Å². The van der Waals surface area contributed by atoms with Crippen LogP contribution in [0, 0.1) is 0 Å². The molecule has 3 aromatic rings. The van der Waals surface area contributed by atoms with E-state index >= 15 is 0 Å². The van der Waals surface area contributed by atoms with E-state index < -0.39 is 0 Å². The van der Waals surface area contributed by atoms with Gasteiger partial charge in [0.05, 0.1) is 11.2 Å². The molecule has 1 aliphatic rings. The van der Waals surface area contributed by atoms with E-state index in [9.17, 15) is 9.90 Å². The number of carbonyl (C=O) groups excluding carboxylic acids is 1. The number of aryl methyl sites for hydroxylation is 1. The Balaban J connectivity index is 1.83. The van der Waals surface area contributed by atoms with Crippen LogP contribution in [0.2, 0.25) is 0 Å². The van der Waals surface area contributed by atoms with Crippen LogP contribution in [0.5, 0.6) is 5.88 Å². The van der Waals surface area contributed by atoms with Crippen LogP contribution in [0.3, 0.4) is 0 Å². The number of hydrogen-bond donors (Lipinski definition) is 1. The van der Waals surface area contributed by atoms with Crippen LogP contribution in [-0.2, 0) is 11.8 Å². The zero-order chi connectivity index (χ0) is 23.0. The van der Waals surface area contributed by atoms with Crippen molar-refractivity contribution in [2.45, 2.75) is 26.7 Å². The summed E-state index contributed by atoms with van der Waals surface area (Å²) in [6, 6.07) is 15.7. The van der Waals surface area contributed by atoms with Gasteiger partial charge in [-0.1, -0.05) is 61.3 Å². The summed E-state index contributed by atoms with van der Waals surface area (Å²) in [7, 11) is 3.63. The number of anilines is 1. The van der Waals surface area contributed by atoms with Gasteiger partial charge in [-0.3, -0.25) is 4.79 Å². The third kappa shape index (κ3) is 3.65. The fraction of sp³-hybridized carbons (Fsp3) is 0.222. The molecule has 0 bridgehead atoms. The first-order chi connectivity index (χ1) is 15.3. The first-order valence-electron chi connectivity index (χ1n) is 10.8. The number of halogens is 1. The molecule has 1 amide bonds. The fourth-order valence-electron chi connectivity index (χ4n) is 4.31. The molecule has 0 radical (unpaired) electrons. The SMILES string of the molecule is CCCC(/C=C1/C(=O)N(C)c2ccccc21)=C(Cl)\C(C)=C\c1c(O)n(C)c2ccccc12. The van der Waals surface area contributed by atoms with Gasteiger partial charge >= 0.3 is 0 Å². The van der Waals surface area contributed by atoms with Gasteiger partial charge < -0.3 is 14.6 Å². The van der Waals surface area contributed by atoms with Crippen LogP contribution in [0.1, 0.15) is 37.8 Å². The first kappa shape index (κ1) is 22.0. The van der Waals surface area contributed by atoms with Crippen molar-refractivity contribution in [3.63, 3.8) is 0 Å². The van der Waals surface area contributed by atoms with Crippen molar-refractivity contribution >= 4 is 45.7 Å². The number of nitrogens with zero attached hydrogens (tertiary/aromatic N) is 2. The van der Waals surface area contributed by atoms with Crippen molar-refractivity contribution in [3.05, 3.63) is 81.9 Å². The highest BCUT2D eigenvalue weighted by Gasteiger charge is 2.29. The molecule has 1 N–H and O–H groups in total. The minimum absolute atomic E-state index is 0.0300. The molecular formula is C27H27ClN2O2. The highest BCUT2D eigenvalue weighted by Crippen LogP contribution is 2.38. The van der Waals surface area contributed by atoms with Crippen LogP contribution in [-0.4, -0.2) is 22.6 Å². The van der Waals surface area contributed by atoms with Gasteiger partial charge in [0.15, 0.2) is 5.88 Å². The number of benzene rings is 2. The summed E-state index contributed by atoms with van der Waals surface area (Å²) >= 11 is 6.88. The molecule has 32 heavy (non-hydrogen) atoms. The zero-order valence-corrected chi connectivity index (χ0v) is 19.6. The average Bonchev–Trinajstić information content (AvgIpc) is 3.19. The minimum Gasteiger partial charge on any atom is -0.494 e. The molecule has 1 aliphatic heterocycles. The van der Waals surface area contributed by atoms with E-state index in [1.54, 1.807) is 16.5 Å². The van der Waals surface area contributed by atoms with E-state index in [-0.39, 0.29) is 11.8 Å². The van der Waals surface area contributed by atoms with Crippen molar-refractivity contribution < 1.29 is 9.90 Å². The topological polar surface area (TPSA) is 45.5 Å². The Bertz CT molecular complexity index is 1310. The third-order valence-corrected chi connectivity index (χ3v) is 6.57. The number of hydrogen-bond acceptors (Lipinski definition) is 2. The number of allylic oxidation sites excluding steroid dienone is 4. The largest absolute Gasteiger partial charge is 0.494 e. The first-order valence-corrected chi connectivity index (χ1v) is 11.2. The lowest BCUT2D eigenvalue weighted by atomic mass is 9.99. The predicted molar refractivity (Wildman–Crippen MR) is 134 cm³/mol. The lowest BCUT2D eigenvalue weighted by molar-refractivity contribution is -0.112. The van der Waals surface area contributed by atoms with Gasteiger partial charge in [0.2, 0.25) is 0 Å². The van der Waals surface area contributed by atoms with Crippen molar-refractivity contribution in [3.8, 4) is 5.88 Å². The maximum Gasteiger partial charge on any atom is 0.258 e. The molecule has 0 saturated carbocycles. The number of carbonyl (C=O) groups is 1. The monoisotopic (exact) mass is 446 g/mol. The Labute approximate surface area is 193 Å². The molecule has 4 nitrogen and oxygen atoms in total. The van der Waals surface area contributed by atoms with Crippen molar-refractivity contribution in [1.29, 1.82) is 0 Å². The molecule has 0 unspecified atom stereocenters. The molecule has 164 valence electrons. The van der Waals surface area contributed by atoms with Crippen LogP contribution in [0.25, 0.3) is 22.6 Å². The smallest absolute Gasteiger partial charge is 0.258 e. The van der Waals surface area contributed by atoms with Gasteiger partial charge in [-0.2, -0.15) is 0 Å². The number of fused-ring (bicyclic) bond motifs is 2. The Hall–Kier alpha value is -3.24. The number of para-hydroxylation sites is 2. The van der Waals surface area contributed by atoms with Crippen LogP contribution >= 0.6 is 11.6 Å². The van der Waals surface area contributed by atoms with E-state index in [1.165, 1.54) is 0 Å². The summed E-state index contributed by atoms with van der Waals surface area (Å²) in [5, 5.41) is 12.3. The Morgan fingerprint density at radius 3 is 2.53 bits per heavy atom. The molecule has 1 aromatic heterocycles. The van der Waals surface area contributed by atoms with E-state index in [1.807, 2.05) is 74.7 Å². The van der Waals surface area contributed by atoms with Crippen molar-refractivity contribution in [2.24, 2.45) is 7.05 Å². The summed E-state index contributed by atoms with van der Waals surface area (Å²) in [5.74, 6) is 0.171. The second-order valence-electron chi connectivity index (χ2n) is 8.17. The molecule has 0 aliphatic carbocycles. The molecule has 2 heterocycles. The number of likely N-dealkylation sites (N-methyl/N-ethyl adjacent to an activating group) is 1. The normalized spacial score (nSPS) is 16.2. The summed E-state index contributed by atoms with van der Waals surface area (Å²) in [6.07, 6.45) is 5.49. The van der Waals surface area contributed by atoms with Gasteiger partial charge in [0.25, 0.3) is 5.91 Å². The number of amides is 1. The molecule has 0 fully saturated rings. The summed E-state index contributed by atoms with van der Waals surface area (Å²) in [4.78, 5) is 14.6. The number of aromatic hydroxyl groups is 1. The standard InChI is InChI=1S/C27H27ClN2O2/c1-5-10-18(16-22-20-12-7-9-14-24(20)30(4)27(22)32)25(28)17(2)15-21-19-11-6-8-13-23(19)29(3)26(21)31/h6-9,11-16,31H,5,10H2,1-4H3/b17-15+,22-16+,25-18-. The van der Waals surface area contributed by atoms with Crippen molar-refractivity contribution in [2.75, 3.05) is 11.9 Å². The Kier molecular flexibility index (Phi) is 5.98. The van der Waals surface area contributed by atoms with Gasteiger partial charge in [0.1, 0.15) is 0 Å². The predicted octanol–water partition coefficient (Wildman–Crippen LogP) is 6.64. The minimum atomic E-state index is -0.0300. The molecule has 0 spiro atoms. The third-order valence-electron chi connectivity index (χ3n) is 6.03. The Morgan fingerprint density at radius 1 is 1.09 bits per heavy atom. The van der Waals surface area contributed by atoms with E-state index in [2.05, 4.69) is 6.92 Å². The lowest BCUT2D eigenvalue weighted by Gasteiger charge is -2.09. The Morgan fingerprint density at radius 2 is 1.78 bits per heavy atom. The summed E-state index contributed by atoms with van der Waals surface area (Å²) in [6.45, 7) is 4.03. The molecule has 0 atom stereocenters. The van der Waals surface area contributed by atoms with E-state index in [0.29, 0.717) is 10.6 Å².